The lowest BCUT2D eigenvalue weighted by atomic mass is 9.79. The fraction of sp³-hybridized carbons (Fsp3) is 0.684. The smallest absolute Gasteiger partial charge is 0.228 e. The van der Waals surface area contributed by atoms with Gasteiger partial charge in [0, 0.05) is 32.0 Å². The molecule has 1 spiro atoms. The molecule has 2 saturated heterocycles. The van der Waals surface area contributed by atoms with E-state index in [1.54, 1.807) is 6.20 Å². The summed E-state index contributed by atoms with van der Waals surface area (Å²) in [5.41, 5.74) is 1.09. The number of likely N-dealkylation sites (tertiary alicyclic amines) is 2. The van der Waals surface area contributed by atoms with Crippen molar-refractivity contribution in [2.24, 2.45) is 11.3 Å². The first-order valence-electron chi connectivity index (χ1n) is 9.26. The summed E-state index contributed by atoms with van der Waals surface area (Å²) < 4.78 is 0. The summed E-state index contributed by atoms with van der Waals surface area (Å²) in [6.45, 7) is 4.93. The van der Waals surface area contributed by atoms with Crippen molar-refractivity contribution in [2.75, 3.05) is 26.2 Å². The minimum Gasteiger partial charge on any atom is -0.342 e. The van der Waals surface area contributed by atoms with Crippen LogP contribution in [0, 0.1) is 11.3 Å². The highest BCUT2D eigenvalue weighted by atomic mass is 35.5. The molecule has 130 valence electrons. The number of amides is 1. The molecule has 5 heteroatoms. The number of nitrogens with zero attached hydrogens (tertiary/aromatic N) is 3. The Hall–Kier alpha value is -1.13. The van der Waals surface area contributed by atoms with Crippen molar-refractivity contribution >= 4 is 17.5 Å². The van der Waals surface area contributed by atoms with E-state index in [9.17, 15) is 4.79 Å². The van der Waals surface area contributed by atoms with E-state index < -0.39 is 0 Å². The Morgan fingerprint density at radius 3 is 2.79 bits per heavy atom. The largest absolute Gasteiger partial charge is 0.342 e. The average molecular weight is 348 g/mol. The highest BCUT2D eigenvalue weighted by Gasteiger charge is 2.47. The van der Waals surface area contributed by atoms with Crippen LogP contribution < -0.4 is 0 Å². The lowest BCUT2D eigenvalue weighted by Crippen LogP contribution is -2.36. The Bertz CT molecular complexity index is 618. The third-order valence-corrected chi connectivity index (χ3v) is 6.19. The molecule has 3 fully saturated rings. The molecule has 1 aromatic heterocycles. The van der Waals surface area contributed by atoms with Gasteiger partial charge in [0.2, 0.25) is 5.91 Å². The minimum atomic E-state index is -0.0732. The second-order valence-electron chi connectivity index (χ2n) is 7.87. The molecule has 4 rings (SSSR count). The SMILES string of the molecule is O=C1N(CC2CC2)CC[C@@]12CCCN(Cc1cncc(Cl)c1)CC2. The number of carbonyl (C=O) groups excluding carboxylic acids is 1. The lowest BCUT2D eigenvalue weighted by Gasteiger charge is -2.27. The van der Waals surface area contributed by atoms with Gasteiger partial charge in [0.15, 0.2) is 0 Å². The predicted molar refractivity (Wildman–Crippen MR) is 94.7 cm³/mol. The topological polar surface area (TPSA) is 36.4 Å². The number of halogens is 1. The van der Waals surface area contributed by atoms with Crippen molar-refractivity contribution in [1.29, 1.82) is 0 Å². The van der Waals surface area contributed by atoms with Gasteiger partial charge in [0.05, 0.1) is 10.4 Å². The van der Waals surface area contributed by atoms with Crippen molar-refractivity contribution in [1.82, 2.24) is 14.8 Å². The monoisotopic (exact) mass is 347 g/mol. The van der Waals surface area contributed by atoms with Crippen molar-refractivity contribution in [3.63, 3.8) is 0 Å². The number of hydrogen-bond donors (Lipinski definition) is 0. The molecule has 2 aliphatic heterocycles. The fourth-order valence-corrected chi connectivity index (χ4v) is 4.55. The van der Waals surface area contributed by atoms with Gasteiger partial charge >= 0.3 is 0 Å². The molecule has 3 heterocycles. The minimum absolute atomic E-state index is 0.0732. The summed E-state index contributed by atoms with van der Waals surface area (Å²) in [5.74, 6) is 1.24. The maximum atomic E-state index is 13.0. The van der Waals surface area contributed by atoms with E-state index in [1.165, 1.54) is 12.8 Å². The second kappa shape index (κ2) is 6.64. The highest BCUT2D eigenvalue weighted by molar-refractivity contribution is 6.30. The Morgan fingerprint density at radius 2 is 2.00 bits per heavy atom. The van der Waals surface area contributed by atoms with Crippen molar-refractivity contribution in [3.8, 4) is 0 Å². The van der Waals surface area contributed by atoms with E-state index in [0.717, 1.165) is 69.9 Å². The summed E-state index contributed by atoms with van der Waals surface area (Å²) in [7, 11) is 0. The van der Waals surface area contributed by atoms with Crippen LogP contribution in [-0.2, 0) is 11.3 Å². The number of hydrogen-bond acceptors (Lipinski definition) is 3. The van der Waals surface area contributed by atoms with Gasteiger partial charge in [-0.25, -0.2) is 0 Å². The Labute approximate surface area is 149 Å². The Balaban J connectivity index is 1.38. The summed E-state index contributed by atoms with van der Waals surface area (Å²) >= 11 is 6.04. The van der Waals surface area contributed by atoms with Gasteiger partial charge in [-0.15, -0.1) is 0 Å². The van der Waals surface area contributed by atoms with Gasteiger partial charge < -0.3 is 4.90 Å². The molecule has 24 heavy (non-hydrogen) atoms. The standard InChI is InChI=1S/C19H26ClN3O/c20-17-10-16(11-21-12-17)13-22-7-1-4-19(5-8-22)6-9-23(18(19)24)14-15-2-3-15/h10-12,15H,1-9,13-14H2/t19-/m0/s1. The van der Waals surface area contributed by atoms with E-state index in [0.29, 0.717) is 10.9 Å². The van der Waals surface area contributed by atoms with Crippen molar-refractivity contribution in [2.45, 2.75) is 45.1 Å². The van der Waals surface area contributed by atoms with Crippen LogP contribution in [-0.4, -0.2) is 46.9 Å². The van der Waals surface area contributed by atoms with Crippen LogP contribution >= 0.6 is 11.6 Å². The number of aromatic nitrogens is 1. The molecule has 1 aromatic rings. The van der Waals surface area contributed by atoms with E-state index >= 15 is 0 Å². The van der Waals surface area contributed by atoms with Gasteiger partial charge in [0.25, 0.3) is 0 Å². The maximum absolute atomic E-state index is 13.0. The molecule has 3 aliphatic rings. The van der Waals surface area contributed by atoms with Crippen LogP contribution in [0.2, 0.25) is 5.02 Å². The van der Waals surface area contributed by atoms with E-state index in [1.807, 2.05) is 12.3 Å². The molecule has 0 unspecified atom stereocenters. The van der Waals surface area contributed by atoms with Gasteiger partial charge in [-0.2, -0.15) is 0 Å². The molecular formula is C19H26ClN3O. The molecule has 0 aromatic carbocycles. The summed E-state index contributed by atoms with van der Waals surface area (Å²) in [6, 6.07) is 1.99. The van der Waals surface area contributed by atoms with Gasteiger partial charge in [0.1, 0.15) is 0 Å². The first-order valence-corrected chi connectivity index (χ1v) is 9.64. The van der Waals surface area contributed by atoms with Crippen LogP contribution in [0.5, 0.6) is 0 Å². The van der Waals surface area contributed by atoms with E-state index in [2.05, 4.69) is 14.8 Å². The Morgan fingerprint density at radius 1 is 1.17 bits per heavy atom. The summed E-state index contributed by atoms with van der Waals surface area (Å²) in [4.78, 5) is 21.8. The molecule has 1 atom stereocenters. The molecule has 1 aliphatic carbocycles. The molecule has 1 saturated carbocycles. The Kier molecular flexibility index (Phi) is 4.52. The molecule has 4 nitrogen and oxygen atoms in total. The maximum Gasteiger partial charge on any atom is 0.228 e. The number of rotatable bonds is 4. The van der Waals surface area contributed by atoms with Crippen LogP contribution in [0.4, 0.5) is 0 Å². The zero-order valence-corrected chi connectivity index (χ0v) is 15.0. The molecule has 0 N–H and O–H groups in total. The van der Waals surface area contributed by atoms with Crippen LogP contribution in [0.1, 0.15) is 44.1 Å². The second-order valence-corrected chi connectivity index (χ2v) is 8.30. The van der Waals surface area contributed by atoms with Crippen LogP contribution in [0.25, 0.3) is 0 Å². The summed E-state index contributed by atoms with van der Waals surface area (Å²) in [6.07, 6.45) is 10.4. The molecule has 0 bridgehead atoms. The normalized spacial score (nSPS) is 28.5. The zero-order valence-electron chi connectivity index (χ0n) is 14.2. The quantitative estimate of drug-likeness (QED) is 0.838. The molecule has 1 amide bonds. The lowest BCUT2D eigenvalue weighted by molar-refractivity contribution is -0.136. The van der Waals surface area contributed by atoms with E-state index in [-0.39, 0.29) is 5.41 Å². The van der Waals surface area contributed by atoms with Crippen molar-refractivity contribution in [3.05, 3.63) is 29.0 Å². The first kappa shape index (κ1) is 16.3. The van der Waals surface area contributed by atoms with Crippen LogP contribution in [0.15, 0.2) is 18.5 Å². The predicted octanol–water partition coefficient (Wildman–Crippen LogP) is 3.35. The van der Waals surface area contributed by atoms with Gasteiger partial charge in [-0.05, 0) is 69.2 Å². The summed E-state index contributed by atoms with van der Waals surface area (Å²) in [5, 5.41) is 0.695. The zero-order chi connectivity index (χ0) is 16.6. The van der Waals surface area contributed by atoms with Gasteiger partial charge in [-0.1, -0.05) is 11.6 Å². The third kappa shape index (κ3) is 3.45. The average Bonchev–Trinajstić information content (AvgIpc) is 3.35. The number of carbonyl (C=O) groups is 1. The third-order valence-electron chi connectivity index (χ3n) is 5.98. The fourth-order valence-electron chi connectivity index (χ4n) is 4.35. The van der Waals surface area contributed by atoms with Gasteiger partial charge in [-0.3, -0.25) is 14.7 Å². The van der Waals surface area contributed by atoms with Crippen molar-refractivity contribution < 1.29 is 4.79 Å². The highest BCUT2D eigenvalue weighted by Crippen LogP contribution is 2.43. The molecular weight excluding hydrogens is 322 g/mol. The van der Waals surface area contributed by atoms with E-state index in [4.69, 9.17) is 11.6 Å². The first-order chi connectivity index (χ1) is 11.6. The number of pyridine rings is 1. The van der Waals surface area contributed by atoms with Crippen LogP contribution in [0.3, 0.4) is 0 Å². The molecule has 0 radical (unpaired) electrons.